The van der Waals surface area contributed by atoms with Crippen molar-refractivity contribution >= 4 is 11.4 Å². The molecule has 0 bridgehead atoms. The smallest absolute Gasteiger partial charge is 0.333 e. The van der Waals surface area contributed by atoms with Gasteiger partial charge in [0, 0.05) is 13.1 Å². The van der Waals surface area contributed by atoms with Crippen LogP contribution >= 0.6 is 0 Å². The first-order chi connectivity index (χ1) is 9.54. The van der Waals surface area contributed by atoms with Crippen LogP contribution in [0.1, 0.15) is 20.3 Å². The van der Waals surface area contributed by atoms with E-state index in [1.54, 1.807) is 25.1 Å². The molecule has 0 radical (unpaired) electrons. The van der Waals surface area contributed by atoms with E-state index >= 15 is 0 Å². The number of aliphatic hydroxyl groups excluding tert-OH is 1. The van der Waals surface area contributed by atoms with Gasteiger partial charge in [0.25, 0.3) is 0 Å². The lowest BCUT2D eigenvalue weighted by Gasteiger charge is -2.35. The van der Waals surface area contributed by atoms with E-state index in [2.05, 4.69) is 0 Å². The van der Waals surface area contributed by atoms with Crippen LogP contribution in [0.25, 0.3) is 0 Å². The van der Waals surface area contributed by atoms with Gasteiger partial charge in [0.05, 0.1) is 17.6 Å². The van der Waals surface area contributed by atoms with Crippen LogP contribution in [0.15, 0.2) is 18.2 Å². The van der Waals surface area contributed by atoms with E-state index in [4.69, 9.17) is 4.74 Å². The molecule has 0 unspecified atom stereocenters. The van der Waals surface area contributed by atoms with E-state index in [1.165, 1.54) is 0 Å². The summed E-state index contributed by atoms with van der Waals surface area (Å²) in [5.74, 6) is 0.503. The van der Waals surface area contributed by atoms with Gasteiger partial charge in [-0.05, 0) is 31.4 Å². The van der Waals surface area contributed by atoms with Gasteiger partial charge in [-0.25, -0.2) is 0 Å². The van der Waals surface area contributed by atoms with Crippen LogP contribution in [0.3, 0.4) is 0 Å². The highest BCUT2D eigenvalue weighted by Gasteiger charge is 2.30. The Morgan fingerprint density at radius 1 is 1.55 bits per heavy atom. The van der Waals surface area contributed by atoms with Crippen molar-refractivity contribution in [2.45, 2.75) is 26.4 Å². The van der Waals surface area contributed by atoms with Crippen molar-refractivity contribution in [3.8, 4) is 5.75 Å². The zero-order valence-electron chi connectivity index (χ0n) is 11.8. The van der Waals surface area contributed by atoms with Crippen molar-refractivity contribution in [3.05, 3.63) is 28.3 Å². The fourth-order valence-corrected chi connectivity index (χ4v) is 2.49. The number of nitro groups is 1. The zero-order chi connectivity index (χ0) is 14.7. The number of benzene rings is 1. The van der Waals surface area contributed by atoms with Crippen LogP contribution in [-0.4, -0.2) is 35.8 Å². The molecular formula is C14H20N2O4. The number of ether oxygens (including phenoxy) is 1. The number of nitro benzene ring substituents is 1. The third-order valence-electron chi connectivity index (χ3n) is 3.72. The summed E-state index contributed by atoms with van der Waals surface area (Å²) < 4.78 is 5.35. The first-order valence-corrected chi connectivity index (χ1v) is 6.87. The molecule has 2 atom stereocenters. The summed E-state index contributed by atoms with van der Waals surface area (Å²) in [6.45, 7) is 5.28. The topological polar surface area (TPSA) is 75.8 Å². The minimum absolute atomic E-state index is 0.0175. The van der Waals surface area contributed by atoms with Crippen LogP contribution in [0.4, 0.5) is 11.4 Å². The van der Waals surface area contributed by atoms with Crippen molar-refractivity contribution in [1.82, 2.24) is 0 Å². The largest absolute Gasteiger partial charge is 0.487 e. The average molecular weight is 280 g/mol. The van der Waals surface area contributed by atoms with Crippen molar-refractivity contribution in [2.24, 2.45) is 5.92 Å². The van der Waals surface area contributed by atoms with Gasteiger partial charge >= 0.3 is 5.69 Å². The molecule has 20 heavy (non-hydrogen) atoms. The molecule has 1 N–H and O–H groups in total. The Labute approximate surface area is 118 Å². The highest BCUT2D eigenvalue weighted by molar-refractivity contribution is 5.70. The second kappa shape index (κ2) is 6.09. The molecule has 6 heteroatoms. The van der Waals surface area contributed by atoms with E-state index in [1.807, 2.05) is 11.8 Å². The molecule has 1 aromatic carbocycles. The third kappa shape index (κ3) is 2.85. The van der Waals surface area contributed by atoms with Gasteiger partial charge < -0.3 is 14.7 Å². The minimum Gasteiger partial charge on any atom is -0.487 e. The Bertz CT molecular complexity index is 492. The number of aliphatic hydroxyl groups is 1. The first kappa shape index (κ1) is 14.6. The number of hydrogen-bond acceptors (Lipinski definition) is 5. The van der Waals surface area contributed by atoms with Crippen molar-refractivity contribution in [3.63, 3.8) is 0 Å². The van der Waals surface area contributed by atoms with Gasteiger partial charge in [-0.15, -0.1) is 0 Å². The molecule has 0 spiro atoms. The number of hydrogen-bond donors (Lipinski definition) is 1. The van der Waals surface area contributed by atoms with Crippen LogP contribution in [0.2, 0.25) is 0 Å². The molecule has 110 valence electrons. The van der Waals surface area contributed by atoms with E-state index in [0.29, 0.717) is 25.4 Å². The van der Waals surface area contributed by atoms with E-state index in [0.717, 1.165) is 6.42 Å². The average Bonchev–Trinajstić information content (AvgIpc) is 2.42. The Balaban J connectivity index is 2.35. The molecule has 0 saturated carbocycles. The Morgan fingerprint density at radius 2 is 2.30 bits per heavy atom. The monoisotopic (exact) mass is 280 g/mol. The summed E-state index contributed by atoms with van der Waals surface area (Å²) in [5.41, 5.74) is 0.503. The molecule has 1 fully saturated rings. The number of nitrogens with zero attached hydrogens (tertiary/aromatic N) is 2. The molecule has 6 nitrogen and oxygen atoms in total. The summed E-state index contributed by atoms with van der Waals surface area (Å²) >= 11 is 0. The van der Waals surface area contributed by atoms with E-state index < -0.39 is 11.0 Å². The van der Waals surface area contributed by atoms with E-state index in [9.17, 15) is 15.2 Å². The van der Waals surface area contributed by atoms with E-state index in [-0.39, 0.29) is 17.4 Å². The fraction of sp³-hybridized carbons (Fsp3) is 0.571. The number of para-hydroxylation sites is 1. The summed E-state index contributed by atoms with van der Waals surface area (Å²) in [4.78, 5) is 12.8. The first-order valence-electron chi connectivity index (χ1n) is 6.87. The Hall–Kier alpha value is -1.82. The van der Waals surface area contributed by atoms with Crippen LogP contribution in [0, 0.1) is 16.0 Å². The molecule has 1 saturated heterocycles. The second-order valence-corrected chi connectivity index (χ2v) is 5.09. The maximum absolute atomic E-state index is 11.3. The quantitative estimate of drug-likeness (QED) is 0.676. The molecule has 0 aliphatic carbocycles. The van der Waals surface area contributed by atoms with Crippen molar-refractivity contribution < 1.29 is 14.8 Å². The summed E-state index contributed by atoms with van der Waals surface area (Å²) in [7, 11) is 0. The number of anilines is 1. The second-order valence-electron chi connectivity index (χ2n) is 5.09. The molecule has 0 aromatic heterocycles. The van der Waals surface area contributed by atoms with Crippen molar-refractivity contribution in [2.75, 3.05) is 24.6 Å². The molecule has 1 aromatic rings. The van der Waals surface area contributed by atoms with Gasteiger partial charge in [0.15, 0.2) is 5.75 Å². The number of piperidine rings is 1. The number of β-amino-alcohol motifs (C(OH)–C–C–N with tert-alkyl or cyclic N) is 1. The highest BCUT2D eigenvalue weighted by atomic mass is 16.6. The lowest BCUT2D eigenvalue weighted by molar-refractivity contribution is -0.385. The summed E-state index contributed by atoms with van der Waals surface area (Å²) in [6.07, 6.45) is 0.357. The fourth-order valence-electron chi connectivity index (χ4n) is 2.49. The van der Waals surface area contributed by atoms with Gasteiger partial charge in [-0.2, -0.15) is 0 Å². The maximum atomic E-state index is 11.3. The van der Waals surface area contributed by atoms with Gasteiger partial charge in [-0.3, -0.25) is 10.1 Å². The molecule has 2 rings (SSSR count). The highest BCUT2D eigenvalue weighted by Crippen LogP contribution is 2.38. The summed E-state index contributed by atoms with van der Waals surface area (Å²) in [5, 5.41) is 21.3. The molecule has 1 aliphatic rings. The van der Waals surface area contributed by atoms with Gasteiger partial charge in [-0.1, -0.05) is 13.0 Å². The minimum atomic E-state index is -0.459. The number of rotatable bonds is 4. The predicted octanol–water partition coefficient (Wildman–Crippen LogP) is 2.20. The zero-order valence-corrected chi connectivity index (χ0v) is 11.8. The SMILES string of the molecule is CCOc1cccc(N2CC[C@@H](C)[C@H](O)C2)c1[N+](=O)[O-]. The molecule has 0 amide bonds. The van der Waals surface area contributed by atoms with Crippen LogP contribution < -0.4 is 9.64 Å². The predicted molar refractivity (Wildman–Crippen MR) is 76.3 cm³/mol. The summed E-state index contributed by atoms with van der Waals surface area (Å²) in [6, 6.07) is 5.06. The third-order valence-corrected chi connectivity index (χ3v) is 3.72. The normalized spacial score (nSPS) is 22.6. The lowest BCUT2D eigenvalue weighted by Crippen LogP contribution is -2.43. The standard InChI is InChI=1S/C14H20N2O4/c1-3-20-13-6-4-5-11(14(13)16(18)19)15-8-7-10(2)12(17)9-15/h4-6,10,12,17H,3,7-9H2,1-2H3/t10-,12-/m1/s1. The van der Waals surface area contributed by atoms with Gasteiger partial charge in [0.1, 0.15) is 5.69 Å². The molecule has 1 heterocycles. The van der Waals surface area contributed by atoms with Gasteiger partial charge in [0.2, 0.25) is 0 Å². The Kier molecular flexibility index (Phi) is 4.44. The Morgan fingerprint density at radius 3 is 2.90 bits per heavy atom. The molecular weight excluding hydrogens is 260 g/mol. The van der Waals surface area contributed by atoms with Crippen LogP contribution in [0.5, 0.6) is 5.75 Å². The van der Waals surface area contributed by atoms with Crippen molar-refractivity contribution in [1.29, 1.82) is 0 Å². The maximum Gasteiger partial charge on any atom is 0.333 e. The van der Waals surface area contributed by atoms with Crippen LogP contribution in [-0.2, 0) is 0 Å². The lowest BCUT2D eigenvalue weighted by atomic mass is 9.95. The molecule has 1 aliphatic heterocycles.